The van der Waals surface area contributed by atoms with Gasteiger partial charge in [0.1, 0.15) is 60.1 Å². The second-order valence-electron chi connectivity index (χ2n) is 20.4. The SMILES string of the molecule is NCCCC[C@H](NC(=O)[C@H](CO)NC(=O)[C@@H](N)CCC(=O)O)C(=O)N[C@@H](Cc1ccc(O)cc1)C(=O)NCC(=O)N1CCC[C@H]1C(=O)N1CCC[C@H]1C(=O)N[C@@H](CS)C(=O)N1CCC[C@H]1C(=O)N[C@@H](CO)C(=O)N1CCC[C@H]1C(=O)O. The van der Waals surface area contributed by atoms with Gasteiger partial charge in [0.15, 0.2) is 0 Å². The van der Waals surface area contributed by atoms with Crippen molar-refractivity contribution < 1.29 is 83.1 Å². The van der Waals surface area contributed by atoms with Crippen LogP contribution >= 0.6 is 12.6 Å². The van der Waals surface area contributed by atoms with Crippen molar-refractivity contribution in [2.75, 3.05) is 58.2 Å². The highest BCUT2D eigenvalue weighted by molar-refractivity contribution is 7.80. The van der Waals surface area contributed by atoms with Crippen LogP contribution in [0.3, 0.4) is 0 Å². The van der Waals surface area contributed by atoms with Crippen molar-refractivity contribution in [3.05, 3.63) is 29.8 Å². The molecule has 4 fully saturated rings. The molecule has 15 N–H and O–H groups in total. The highest BCUT2D eigenvalue weighted by Crippen LogP contribution is 2.27. The number of hydrogen-bond acceptors (Lipinski definition) is 18. The van der Waals surface area contributed by atoms with Crippen molar-refractivity contribution in [1.29, 1.82) is 0 Å². The number of thiol groups is 1. The van der Waals surface area contributed by atoms with Gasteiger partial charge in [0.05, 0.1) is 25.8 Å². The number of unbranched alkanes of at least 4 members (excludes halogenated alkanes) is 1. The quantitative estimate of drug-likeness (QED) is 0.0263. The van der Waals surface area contributed by atoms with E-state index in [0.717, 1.165) is 4.90 Å². The van der Waals surface area contributed by atoms with Crippen molar-refractivity contribution >= 4 is 83.6 Å². The Kier molecular flexibility index (Phi) is 24.9. The Morgan fingerprint density at radius 1 is 0.580 bits per heavy atom. The first-order valence-electron chi connectivity index (χ1n) is 27.2. The molecule has 4 aliphatic rings. The van der Waals surface area contributed by atoms with E-state index in [1.165, 1.54) is 39.0 Å². The lowest BCUT2D eigenvalue weighted by atomic mass is 10.0. The van der Waals surface area contributed by atoms with Crippen LogP contribution in [0.5, 0.6) is 5.75 Å². The van der Waals surface area contributed by atoms with Crippen LogP contribution in [0.2, 0.25) is 0 Å². The average molecular weight is 1160 g/mol. The van der Waals surface area contributed by atoms with Crippen molar-refractivity contribution in [3.8, 4) is 5.75 Å². The number of nitrogens with zero attached hydrogens (tertiary/aromatic N) is 4. The van der Waals surface area contributed by atoms with Gasteiger partial charge in [-0.3, -0.25) is 52.7 Å². The third-order valence-electron chi connectivity index (χ3n) is 14.8. The predicted octanol–water partition coefficient (Wildman–Crippen LogP) is -5.24. The Morgan fingerprint density at radius 3 is 1.67 bits per heavy atom. The molecule has 4 saturated heterocycles. The van der Waals surface area contributed by atoms with Crippen molar-refractivity contribution in [2.45, 2.75) is 150 Å². The smallest absolute Gasteiger partial charge is 0.326 e. The van der Waals surface area contributed by atoms with Crippen LogP contribution in [0.1, 0.15) is 89.0 Å². The first kappa shape index (κ1) is 64.7. The number of carbonyl (C=O) groups is 12. The highest BCUT2D eigenvalue weighted by Gasteiger charge is 2.45. The second kappa shape index (κ2) is 31.2. The molecular formula is C51H76N12O17S. The molecule has 0 saturated carbocycles. The third-order valence-corrected chi connectivity index (χ3v) is 15.1. The number of aliphatic hydroxyl groups is 2. The number of aromatic hydroxyl groups is 1. The van der Waals surface area contributed by atoms with E-state index in [9.17, 15) is 78.0 Å². The maximum absolute atomic E-state index is 14.3. The molecule has 10 atom stereocenters. The fourth-order valence-corrected chi connectivity index (χ4v) is 10.6. The molecule has 0 aliphatic carbocycles. The second-order valence-corrected chi connectivity index (χ2v) is 20.8. The van der Waals surface area contributed by atoms with E-state index in [2.05, 4.69) is 44.5 Å². The van der Waals surface area contributed by atoms with Crippen molar-refractivity contribution in [2.24, 2.45) is 11.5 Å². The van der Waals surface area contributed by atoms with Crippen LogP contribution in [-0.2, 0) is 64.0 Å². The van der Waals surface area contributed by atoms with Gasteiger partial charge in [-0.05, 0) is 101 Å². The van der Waals surface area contributed by atoms with E-state index < -0.39 is 158 Å². The molecule has 1 aromatic carbocycles. The summed E-state index contributed by atoms with van der Waals surface area (Å²) < 4.78 is 0. The molecule has 10 amide bonds. The normalized spacial score (nSPS) is 21.0. The number of aliphatic hydroxyl groups excluding tert-OH is 2. The summed E-state index contributed by atoms with van der Waals surface area (Å²) in [5.74, 6) is -10.4. The Labute approximate surface area is 472 Å². The number of nitrogens with two attached hydrogens (primary N) is 2. The molecule has 29 nitrogen and oxygen atoms in total. The Balaban J connectivity index is 1.21. The number of phenols is 1. The number of carboxylic acids is 2. The molecule has 4 aliphatic heterocycles. The molecule has 0 spiro atoms. The number of likely N-dealkylation sites (tertiary alicyclic amines) is 4. The molecule has 4 heterocycles. The highest BCUT2D eigenvalue weighted by atomic mass is 32.1. The number of carbonyl (C=O) groups excluding carboxylic acids is 10. The molecule has 448 valence electrons. The van der Waals surface area contributed by atoms with Crippen LogP contribution in [0.25, 0.3) is 0 Å². The van der Waals surface area contributed by atoms with Gasteiger partial charge in [-0.25, -0.2) is 4.79 Å². The first-order valence-corrected chi connectivity index (χ1v) is 27.8. The summed E-state index contributed by atoms with van der Waals surface area (Å²) in [4.78, 5) is 165. The zero-order valence-corrected chi connectivity index (χ0v) is 45.8. The summed E-state index contributed by atoms with van der Waals surface area (Å²) in [5, 5.41) is 63.4. The van der Waals surface area contributed by atoms with E-state index in [1.54, 1.807) is 0 Å². The number of aliphatic carboxylic acids is 2. The Hall–Kier alpha value is -7.15. The lowest BCUT2D eigenvalue weighted by Gasteiger charge is -2.33. The topological polar surface area (TPSA) is 443 Å². The summed E-state index contributed by atoms with van der Waals surface area (Å²) in [5.41, 5.74) is 11.9. The van der Waals surface area contributed by atoms with Gasteiger partial charge in [0.25, 0.3) is 0 Å². The van der Waals surface area contributed by atoms with Crippen LogP contribution in [0.15, 0.2) is 24.3 Å². The summed E-state index contributed by atoms with van der Waals surface area (Å²) >= 11 is 4.32. The van der Waals surface area contributed by atoms with E-state index in [-0.39, 0.29) is 89.2 Å². The molecule has 0 bridgehead atoms. The van der Waals surface area contributed by atoms with E-state index >= 15 is 0 Å². The lowest BCUT2D eigenvalue weighted by Crippen LogP contribution is -2.60. The molecular weight excluding hydrogens is 1080 g/mol. The molecule has 0 aromatic heterocycles. The molecule has 0 unspecified atom stereocenters. The van der Waals surface area contributed by atoms with Crippen LogP contribution in [0, 0.1) is 0 Å². The Morgan fingerprint density at radius 2 is 1.09 bits per heavy atom. The zero-order chi connectivity index (χ0) is 59.5. The van der Waals surface area contributed by atoms with Gasteiger partial charge in [-0.15, -0.1) is 0 Å². The van der Waals surface area contributed by atoms with Crippen LogP contribution in [-0.4, -0.2) is 235 Å². The maximum Gasteiger partial charge on any atom is 0.326 e. The molecule has 0 radical (unpaired) electrons. The maximum atomic E-state index is 14.3. The third kappa shape index (κ3) is 17.7. The van der Waals surface area contributed by atoms with E-state index in [1.807, 2.05) is 0 Å². The van der Waals surface area contributed by atoms with Gasteiger partial charge in [-0.1, -0.05) is 12.1 Å². The van der Waals surface area contributed by atoms with Gasteiger partial charge in [0.2, 0.25) is 59.1 Å². The fraction of sp³-hybridized carbons (Fsp3) is 0.647. The van der Waals surface area contributed by atoms with Crippen LogP contribution in [0.4, 0.5) is 0 Å². The molecule has 81 heavy (non-hydrogen) atoms. The van der Waals surface area contributed by atoms with Gasteiger partial charge >= 0.3 is 11.9 Å². The van der Waals surface area contributed by atoms with Gasteiger partial charge in [0, 0.05) is 44.8 Å². The van der Waals surface area contributed by atoms with Crippen molar-refractivity contribution in [1.82, 2.24) is 51.5 Å². The number of nitrogens with one attached hydrogen (secondary N) is 6. The number of benzene rings is 1. The van der Waals surface area contributed by atoms with Crippen molar-refractivity contribution in [3.63, 3.8) is 0 Å². The number of hydrogen-bond donors (Lipinski definition) is 14. The summed E-state index contributed by atoms with van der Waals surface area (Å²) in [6.07, 6.45) is 2.27. The summed E-state index contributed by atoms with van der Waals surface area (Å²) in [6, 6.07) is -7.04. The molecule has 1 aromatic rings. The number of amides is 10. The average Bonchev–Trinajstić information content (AvgIpc) is 4.42. The number of phenolic OH excluding ortho intramolecular Hbond substituents is 1. The Bertz CT molecular complexity index is 2460. The minimum atomic E-state index is -1.61. The summed E-state index contributed by atoms with van der Waals surface area (Å²) in [6.45, 7) is -1.66. The first-order chi connectivity index (χ1) is 38.6. The minimum absolute atomic E-state index is 0.0137. The molecule has 30 heteroatoms. The minimum Gasteiger partial charge on any atom is -0.508 e. The standard InChI is InChI=1S/C51H76N12O17S/c52-18-2-1-7-31(55-45(73)33(25-64)57-42(70)30(53)16-17-41(68)69)44(72)56-32(23-28-12-14-29(66)15-13-28)43(71)54-24-40(67)60-19-5-10-38(60)50(78)62-21-4-9-37(62)47(75)59-35(27-81)49(77)61-20-3-8-36(61)46(74)58-34(26-65)48(76)63-22-6-11-39(63)51(79)80/h12-15,30-39,64-66,81H,1-11,16-27,52-53H2,(H,54,71)(H,55,73)(H,56,72)(H,57,70)(H,58,74)(H,59,75)(H,68,69)(H,79,80)/t30-,31-,32-,33-,34-,35-,36-,37-,38-,39-/m0/s1. The molecule has 5 rings (SSSR count). The monoisotopic (exact) mass is 1160 g/mol. The fourth-order valence-electron chi connectivity index (χ4n) is 10.4. The number of rotatable bonds is 29. The van der Waals surface area contributed by atoms with E-state index in [0.29, 0.717) is 44.1 Å². The summed E-state index contributed by atoms with van der Waals surface area (Å²) in [7, 11) is 0. The van der Waals surface area contributed by atoms with Gasteiger partial charge < -0.3 is 88.5 Å². The number of carboxylic acid groups (broad SMARTS) is 2. The van der Waals surface area contributed by atoms with E-state index in [4.69, 9.17) is 16.6 Å². The zero-order valence-electron chi connectivity index (χ0n) is 44.9. The predicted molar refractivity (Wildman–Crippen MR) is 287 cm³/mol. The van der Waals surface area contributed by atoms with Crippen LogP contribution < -0.4 is 43.4 Å². The lowest BCUT2D eigenvalue weighted by molar-refractivity contribution is -0.150. The van der Waals surface area contributed by atoms with Gasteiger partial charge in [-0.2, -0.15) is 12.6 Å². The largest absolute Gasteiger partial charge is 0.508 e.